The average Bonchev–Trinajstić information content (AvgIpc) is 2.42. The summed E-state index contributed by atoms with van der Waals surface area (Å²) in [6.07, 6.45) is 3.75. The maximum absolute atomic E-state index is 6.21. The van der Waals surface area contributed by atoms with Crippen LogP contribution in [0.4, 0.5) is 0 Å². The predicted octanol–water partition coefficient (Wildman–Crippen LogP) is 5.80. The van der Waals surface area contributed by atoms with E-state index in [0.717, 1.165) is 24.7 Å². The van der Waals surface area contributed by atoms with Gasteiger partial charge in [-0.2, -0.15) is 0 Å². The standard InChI is InChI=1S/C15H9BrClNS/c16-11-6-5-10-8-18-9-15(12(10)7-11)19-14-4-2-1-3-13(14)17/h1-9H. The highest BCUT2D eigenvalue weighted by atomic mass is 79.9. The number of hydrogen-bond acceptors (Lipinski definition) is 2. The van der Waals surface area contributed by atoms with Gasteiger partial charge in [-0.05, 0) is 29.7 Å². The number of fused-ring (bicyclic) bond motifs is 1. The van der Waals surface area contributed by atoms with Crippen molar-refractivity contribution in [2.45, 2.75) is 9.79 Å². The third-order valence-electron chi connectivity index (χ3n) is 2.74. The highest BCUT2D eigenvalue weighted by Gasteiger charge is 2.06. The summed E-state index contributed by atoms with van der Waals surface area (Å²) < 4.78 is 1.06. The Balaban J connectivity index is 2.10. The smallest absolute Gasteiger partial charge is 0.0545 e. The van der Waals surface area contributed by atoms with Gasteiger partial charge in [0.1, 0.15) is 0 Å². The second-order valence-electron chi connectivity index (χ2n) is 4.04. The number of nitrogens with zero attached hydrogens (tertiary/aromatic N) is 1. The van der Waals surface area contributed by atoms with Gasteiger partial charge < -0.3 is 0 Å². The number of aromatic nitrogens is 1. The summed E-state index contributed by atoms with van der Waals surface area (Å²) in [6, 6.07) is 14.0. The lowest BCUT2D eigenvalue weighted by molar-refractivity contribution is 1.28. The highest BCUT2D eigenvalue weighted by Crippen LogP contribution is 2.37. The summed E-state index contributed by atoms with van der Waals surface area (Å²) in [5, 5.41) is 3.06. The van der Waals surface area contributed by atoms with E-state index in [4.69, 9.17) is 11.6 Å². The molecule has 19 heavy (non-hydrogen) atoms. The van der Waals surface area contributed by atoms with Crippen LogP contribution in [0.1, 0.15) is 0 Å². The second-order valence-corrected chi connectivity index (χ2v) is 6.44. The lowest BCUT2D eigenvalue weighted by Crippen LogP contribution is -1.82. The van der Waals surface area contributed by atoms with Crippen LogP contribution in [-0.2, 0) is 0 Å². The summed E-state index contributed by atoms with van der Waals surface area (Å²) in [4.78, 5) is 6.43. The van der Waals surface area contributed by atoms with Gasteiger partial charge in [0.05, 0.1) is 5.02 Å². The van der Waals surface area contributed by atoms with Crippen molar-refractivity contribution in [2.24, 2.45) is 0 Å². The first kappa shape index (κ1) is 13.0. The molecule has 0 spiro atoms. The van der Waals surface area contributed by atoms with E-state index in [9.17, 15) is 0 Å². The van der Waals surface area contributed by atoms with Crippen LogP contribution in [0.2, 0.25) is 5.02 Å². The van der Waals surface area contributed by atoms with E-state index in [0.29, 0.717) is 0 Å². The van der Waals surface area contributed by atoms with Crippen LogP contribution in [0.15, 0.2) is 69.1 Å². The summed E-state index contributed by atoms with van der Waals surface area (Å²) >= 11 is 11.4. The maximum Gasteiger partial charge on any atom is 0.0545 e. The van der Waals surface area contributed by atoms with E-state index in [1.165, 1.54) is 5.39 Å². The van der Waals surface area contributed by atoms with E-state index in [1.807, 2.05) is 42.7 Å². The minimum absolute atomic E-state index is 0.763. The number of hydrogen-bond donors (Lipinski definition) is 0. The molecule has 0 radical (unpaired) electrons. The van der Waals surface area contributed by atoms with Crippen LogP contribution in [0, 0.1) is 0 Å². The number of rotatable bonds is 2. The van der Waals surface area contributed by atoms with Gasteiger partial charge in [0.2, 0.25) is 0 Å². The molecule has 0 atom stereocenters. The van der Waals surface area contributed by atoms with Crippen LogP contribution in [-0.4, -0.2) is 4.98 Å². The topological polar surface area (TPSA) is 12.9 Å². The SMILES string of the molecule is Clc1ccccc1Sc1cncc2ccc(Br)cc12. The third kappa shape index (κ3) is 2.78. The highest BCUT2D eigenvalue weighted by molar-refractivity contribution is 9.10. The Morgan fingerprint density at radius 2 is 1.84 bits per heavy atom. The van der Waals surface area contributed by atoms with Gasteiger partial charge in [-0.1, -0.05) is 57.5 Å². The maximum atomic E-state index is 6.21. The lowest BCUT2D eigenvalue weighted by Gasteiger charge is -2.07. The quantitative estimate of drug-likeness (QED) is 0.579. The zero-order valence-electron chi connectivity index (χ0n) is 9.81. The molecule has 0 amide bonds. The van der Waals surface area contributed by atoms with Crippen molar-refractivity contribution in [3.8, 4) is 0 Å². The number of halogens is 2. The molecule has 0 fully saturated rings. The Kier molecular flexibility index (Phi) is 3.78. The van der Waals surface area contributed by atoms with Gasteiger partial charge in [-0.25, -0.2) is 0 Å². The molecule has 0 saturated heterocycles. The van der Waals surface area contributed by atoms with Crippen LogP contribution >= 0.6 is 39.3 Å². The van der Waals surface area contributed by atoms with Crippen molar-refractivity contribution in [2.75, 3.05) is 0 Å². The molecule has 3 aromatic rings. The van der Waals surface area contributed by atoms with Crippen LogP contribution in [0.3, 0.4) is 0 Å². The molecular formula is C15H9BrClNS. The van der Waals surface area contributed by atoms with Crippen LogP contribution in [0.5, 0.6) is 0 Å². The van der Waals surface area contributed by atoms with Gasteiger partial charge in [0.15, 0.2) is 0 Å². The van der Waals surface area contributed by atoms with Crippen molar-refractivity contribution in [3.05, 3.63) is 64.4 Å². The molecule has 1 aromatic heterocycles. The van der Waals surface area contributed by atoms with Crippen molar-refractivity contribution in [1.82, 2.24) is 4.98 Å². The Morgan fingerprint density at radius 1 is 1.00 bits per heavy atom. The molecule has 0 aliphatic heterocycles. The fourth-order valence-corrected chi connectivity index (χ4v) is 3.40. The number of pyridine rings is 1. The molecular weight excluding hydrogens is 342 g/mol. The molecule has 0 aliphatic rings. The molecule has 2 aromatic carbocycles. The molecule has 3 rings (SSSR count). The van der Waals surface area contributed by atoms with Gasteiger partial charge in [-0.15, -0.1) is 0 Å². The lowest BCUT2D eigenvalue weighted by atomic mass is 10.2. The molecule has 0 unspecified atom stereocenters. The minimum atomic E-state index is 0.763. The zero-order chi connectivity index (χ0) is 13.2. The summed E-state index contributed by atoms with van der Waals surface area (Å²) in [5.74, 6) is 0. The second kappa shape index (κ2) is 5.53. The van der Waals surface area contributed by atoms with Gasteiger partial charge >= 0.3 is 0 Å². The average molecular weight is 351 g/mol. The zero-order valence-corrected chi connectivity index (χ0v) is 13.0. The first-order chi connectivity index (χ1) is 9.24. The monoisotopic (exact) mass is 349 g/mol. The van der Waals surface area contributed by atoms with E-state index in [-0.39, 0.29) is 0 Å². The minimum Gasteiger partial charge on any atom is -0.263 e. The summed E-state index contributed by atoms with van der Waals surface area (Å²) in [7, 11) is 0. The van der Waals surface area contributed by atoms with Gasteiger partial charge in [0, 0.05) is 32.0 Å². The Labute approximate surface area is 129 Å². The third-order valence-corrected chi connectivity index (χ3v) is 4.80. The predicted molar refractivity (Wildman–Crippen MR) is 85.0 cm³/mol. The molecule has 1 heterocycles. The first-order valence-corrected chi connectivity index (χ1v) is 7.68. The van der Waals surface area contributed by atoms with E-state index >= 15 is 0 Å². The Morgan fingerprint density at radius 3 is 2.68 bits per heavy atom. The van der Waals surface area contributed by atoms with Gasteiger partial charge in [-0.3, -0.25) is 4.98 Å². The van der Waals surface area contributed by atoms with Crippen LogP contribution < -0.4 is 0 Å². The fourth-order valence-electron chi connectivity index (χ4n) is 1.84. The molecule has 0 aliphatic carbocycles. The van der Waals surface area contributed by atoms with Crippen molar-refractivity contribution in [3.63, 3.8) is 0 Å². The van der Waals surface area contributed by atoms with E-state index < -0.39 is 0 Å². The van der Waals surface area contributed by atoms with Gasteiger partial charge in [0.25, 0.3) is 0 Å². The Hall–Kier alpha value is -1.03. The summed E-state index contributed by atoms with van der Waals surface area (Å²) in [6.45, 7) is 0. The van der Waals surface area contributed by atoms with E-state index in [1.54, 1.807) is 11.8 Å². The number of benzene rings is 2. The normalized spacial score (nSPS) is 10.8. The van der Waals surface area contributed by atoms with Crippen molar-refractivity contribution in [1.29, 1.82) is 0 Å². The molecule has 0 saturated carbocycles. The van der Waals surface area contributed by atoms with Crippen molar-refractivity contribution >= 4 is 50.1 Å². The van der Waals surface area contributed by atoms with Crippen LogP contribution in [0.25, 0.3) is 10.8 Å². The molecule has 4 heteroatoms. The summed E-state index contributed by atoms with van der Waals surface area (Å²) in [5.41, 5.74) is 0. The molecule has 0 bridgehead atoms. The first-order valence-electron chi connectivity index (χ1n) is 5.70. The molecule has 0 N–H and O–H groups in total. The molecule has 1 nitrogen and oxygen atoms in total. The van der Waals surface area contributed by atoms with Crippen molar-refractivity contribution < 1.29 is 0 Å². The fraction of sp³-hybridized carbons (Fsp3) is 0. The Bertz CT molecular complexity index is 745. The van der Waals surface area contributed by atoms with E-state index in [2.05, 4.69) is 33.0 Å². The molecule has 94 valence electrons. The largest absolute Gasteiger partial charge is 0.263 e.